The summed E-state index contributed by atoms with van der Waals surface area (Å²) in [5, 5.41) is 2.67. The van der Waals surface area contributed by atoms with E-state index < -0.39 is 5.97 Å². The first-order valence-corrected chi connectivity index (χ1v) is 8.97. The van der Waals surface area contributed by atoms with E-state index in [1.54, 1.807) is 30.3 Å². The van der Waals surface area contributed by atoms with E-state index in [4.69, 9.17) is 4.74 Å². The van der Waals surface area contributed by atoms with Crippen LogP contribution < -0.4 is 5.32 Å². The number of aryl methyl sites for hydroxylation is 1. The highest BCUT2D eigenvalue weighted by molar-refractivity contribution is 6.03. The summed E-state index contributed by atoms with van der Waals surface area (Å²) in [5.41, 5.74) is 3.36. The Morgan fingerprint density at radius 2 is 1.46 bits per heavy atom. The molecule has 0 aliphatic heterocycles. The van der Waals surface area contributed by atoms with E-state index in [-0.39, 0.29) is 18.2 Å². The smallest absolute Gasteiger partial charge is 0.355 e. The van der Waals surface area contributed by atoms with Gasteiger partial charge in [-0.15, -0.1) is 0 Å². The third kappa shape index (κ3) is 5.42. The van der Waals surface area contributed by atoms with Crippen molar-refractivity contribution >= 4 is 18.0 Å². The van der Waals surface area contributed by atoms with E-state index >= 15 is 0 Å². The number of rotatable bonds is 6. The fourth-order valence-corrected chi connectivity index (χ4v) is 2.56. The SMILES string of the molecule is Cc1ccc(COC(=O)/C(=C/c2ccccc2)NC(=O)c2ccccc2)cc1. The molecule has 3 aromatic carbocycles. The van der Waals surface area contributed by atoms with Crippen LogP contribution in [0.15, 0.2) is 90.6 Å². The quantitative estimate of drug-likeness (QED) is 0.512. The van der Waals surface area contributed by atoms with Gasteiger partial charge >= 0.3 is 5.97 Å². The van der Waals surface area contributed by atoms with Crippen LogP contribution in [0.4, 0.5) is 0 Å². The van der Waals surface area contributed by atoms with Crippen molar-refractivity contribution in [1.82, 2.24) is 5.32 Å². The number of amides is 1. The molecule has 0 aliphatic carbocycles. The van der Waals surface area contributed by atoms with Gasteiger partial charge in [0.15, 0.2) is 0 Å². The van der Waals surface area contributed by atoms with Crippen LogP contribution in [-0.2, 0) is 16.1 Å². The van der Waals surface area contributed by atoms with E-state index in [2.05, 4.69) is 5.32 Å². The molecule has 28 heavy (non-hydrogen) atoms. The molecule has 3 rings (SSSR count). The van der Waals surface area contributed by atoms with Gasteiger partial charge in [0.25, 0.3) is 5.91 Å². The van der Waals surface area contributed by atoms with Gasteiger partial charge in [0.1, 0.15) is 12.3 Å². The summed E-state index contributed by atoms with van der Waals surface area (Å²) in [7, 11) is 0. The molecule has 3 aromatic rings. The summed E-state index contributed by atoms with van der Waals surface area (Å²) in [5.74, 6) is -0.955. The second kappa shape index (κ2) is 9.33. The van der Waals surface area contributed by atoms with Crippen molar-refractivity contribution < 1.29 is 14.3 Å². The Kier molecular flexibility index (Phi) is 6.37. The largest absolute Gasteiger partial charge is 0.456 e. The van der Waals surface area contributed by atoms with Gasteiger partial charge < -0.3 is 10.1 Å². The topological polar surface area (TPSA) is 55.4 Å². The Balaban J connectivity index is 1.77. The van der Waals surface area contributed by atoms with Crippen LogP contribution in [-0.4, -0.2) is 11.9 Å². The summed E-state index contributed by atoms with van der Waals surface area (Å²) in [6.07, 6.45) is 1.61. The van der Waals surface area contributed by atoms with Crippen molar-refractivity contribution in [2.75, 3.05) is 0 Å². The van der Waals surface area contributed by atoms with Gasteiger partial charge in [-0.05, 0) is 36.3 Å². The van der Waals surface area contributed by atoms with Crippen molar-refractivity contribution in [3.8, 4) is 0 Å². The van der Waals surface area contributed by atoms with Crippen LogP contribution in [0.3, 0.4) is 0 Å². The fourth-order valence-electron chi connectivity index (χ4n) is 2.56. The van der Waals surface area contributed by atoms with E-state index in [0.29, 0.717) is 5.56 Å². The number of hydrogen-bond acceptors (Lipinski definition) is 3. The first kappa shape index (κ1) is 19.1. The predicted molar refractivity (Wildman–Crippen MR) is 109 cm³/mol. The highest BCUT2D eigenvalue weighted by Crippen LogP contribution is 2.10. The molecule has 0 spiro atoms. The van der Waals surface area contributed by atoms with E-state index in [1.807, 2.05) is 67.6 Å². The molecule has 0 aliphatic rings. The van der Waals surface area contributed by atoms with Crippen molar-refractivity contribution in [3.05, 3.63) is 113 Å². The summed E-state index contributed by atoms with van der Waals surface area (Å²) < 4.78 is 5.42. The standard InChI is InChI=1S/C24H21NO3/c1-18-12-14-20(15-13-18)17-28-24(27)22(16-19-8-4-2-5-9-19)25-23(26)21-10-6-3-7-11-21/h2-16H,17H2,1H3,(H,25,26)/b22-16-. The maximum absolute atomic E-state index is 12.6. The molecule has 0 aromatic heterocycles. The highest BCUT2D eigenvalue weighted by Gasteiger charge is 2.16. The number of carbonyl (C=O) groups is 2. The molecule has 0 saturated heterocycles. The minimum Gasteiger partial charge on any atom is -0.456 e. The molecule has 140 valence electrons. The molecule has 1 amide bonds. The van der Waals surface area contributed by atoms with Crippen LogP contribution >= 0.6 is 0 Å². The summed E-state index contributed by atoms with van der Waals surface area (Å²) in [6.45, 7) is 2.13. The van der Waals surface area contributed by atoms with Gasteiger partial charge in [-0.2, -0.15) is 0 Å². The number of esters is 1. The van der Waals surface area contributed by atoms with Crippen LogP contribution in [0, 0.1) is 6.92 Å². The van der Waals surface area contributed by atoms with Crippen LogP contribution in [0.5, 0.6) is 0 Å². The maximum Gasteiger partial charge on any atom is 0.355 e. The zero-order valence-corrected chi connectivity index (χ0v) is 15.6. The molecular weight excluding hydrogens is 350 g/mol. The molecule has 4 heteroatoms. The molecule has 0 bridgehead atoms. The van der Waals surface area contributed by atoms with Gasteiger partial charge in [-0.1, -0.05) is 78.4 Å². The van der Waals surface area contributed by atoms with Gasteiger partial charge in [0, 0.05) is 5.56 Å². The van der Waals surface area contributed by atoms with E-state index in [0.717, 1.165) is 16.7 Å². The fraction of sp³-hybridized carbons (Fsp3) is 0.0833. The van der Waals surface area contributed by atoms with Gasteiger partial charge in [0.05, 0.1) is 0 Å². The average Bonchev–Trinajstić information content (AvgIpc) is 2.74. The maximum atomic E-state index is 12.6. The Labute approximate surface area is 164 Å². The zero-order chi connectivity index (χ0) is 19.8. The second-order valence-corrected chi connectivity index (χ2v) is 6.35. The number of nitrogens with one attached hydrogen (secondary N) is 1. The molecule has 0 radical (unpaired) electrons. The molecule has 0 fully saturated rings. The average molecular weight is 371 g/mol. The third-order valence-electron chi connectivity index (χ3n) is 4.11. The minimum atomic E-state index is -0.589. The molecule has 1 N–H and O–H groups in total. The molecule has 0 heterocycles. The van der Waals surface area contributed by atoms with Crippen molar-refractivity contribution in [3.63, 3.8) is 0 Å². The molecule has 4 nitrogen and oxygen atoms in total. The van der Waals surface area contributed by atoms with Gasteiger partial charge in [0.2, 0.25) is 0 Å². The molecule has 0 unspecified atom stereocenters. The van der Waals surface area contributed by atoms with Crippen LogP contribution in [0.2, 0.25) is 0 Å². The van der Waals surface area contributed by atoms with E-state index in [9.17, 15) is 9.59 Å². The molecule has 0 saturated carbocycles. The Bertz CT molecular complexity index is 962. The lowest BCUT2D eigenvalue weighted by atomic mass is 10.1. The van der Waals surface area contributed by atoms with Crippen molar-refractivity contribution in [2.45, 2.75) is 13.5 Å². The summed E-state index contributed by atoms with van der Waals surface area (Å²) >= 11 is 0. The summed E-state index contributed by atoms with van der Waals surface area (Å²) in [4.78, 5) is 25.2. The number of ether oxygens (including phenoxy) is 1. The Morgan fingerprint density at radius 1 is 0.857 bits per heavy atom. The number of hydrogen-bond donors (Lipinski definition) is 1. The zero-order valence-electron chi connectivity index (χ0n) is 15.6. The van der Waals surface area contributed by atoms with Crippen LogP contribution in [0.25, 0.3) is 6.08 Å². The van der Waals surface area contributed by atoms with Crippen LogP contribution in [0.1, 0.15) is 27.0 Å². The first-order chi connectivity index (χ1) is 13.6. The van der Waals surface area contributed by atoms with E-state index in [1.165, 1.54) is 0 Å². The molecular formula is C24H21NO3. The highest BCUT2D eigenvalue weighted by atomic mass is 16.5. The lowest BCUT2D eigenvalue weighted by Gasteiger charge is -2.11. The number of carbonyl (C=O) groups excluding carboxylic acids is 2. The van der Waals surface area contributed by atoms with Crippen molar-refractivity contribution in [2.24, 2.45) is 0 Å². The Hall–Kier alpha value is -3.66. The summed E-state index contributed by atoms with van der Waals surface area (Å²) in [6, 6.07) is 25.8. The predicted octanol–water partition coefficient (Wildman–Crippen LogP) is 4.51. The van der Waals surface area contributed by atoms with Gasteiger partial charge in [-0.3, -0.25) is 4.79 Å². The van der Waals surface area contributed by atoms with Gasteiger partial charge in [-0.25, -0.2) is 4.79 Å². The number of benzene rings is 3. The normalized spacial score (nSPS) is 11.0. The lowest BCUT2D eigenvalue weighted by Crippen LogP contribution is -2.28. The monoisotopic (exact) mass is 371 g/mol. The molecule has 0 atom stereocenters. The van der Waals surface area contributed by atoms with Crippen molar-refractivity contribution in [1.29, 1.82) is 0 Å². The third-order valence-corrected chi connectivity index (χ3v) is 4.11. The first-order valence-electron chi connectivity index (χ1n) is 8.97. The lowest BCUT2D eigenvalue weighted by molar-refractivity contribution is -0.140. The second-order valence-electron chi connectivity index (χ2n) is 6.35. The minimum absolute atomic E-state index is 0.0900. The Morgan fingerprint density at radius 3 is 2.11 bits per heavy atom.